The number of nitrogens with zero attached hydrogens (tertiary/aromatic N) is 1. The van der Waals surface area contributed by atoms with E-state index in [-0.39, 0.29) is 12.5 Å². The molecule has 3 N–H and O–H groups in total. The lowest BCUT2D eigenvalue weighted by Gasteiger charge is -2.24. The number of hydrogen-bond acceptors (Lipinski definition) is 3. The van der Waals surface area contributed by atoms with E-state index in [2.05, 4.69) is 12.2 Å². The Morgan fingerprint density at radius 3 is 2.74 bits per heavy atom. The van der Waals surface area contributed by atoms with Gasteiger partial charge in [0.25, 0.3) is 0 Å². The van der Waals surface area contributed by atoms with Crippen LogP contribution in [0.15, 0.2) is 18.2 Å². The number of nitrogens with one attached hydrogen (secondary N) is 1. The van der Waals surface area contributed by atoms with Gasteiger partial charge in [-0.3, -0.25) is 4.79 Å². The van der Waals surface area contributed by atoms with Crippen molar-refractivity contribution in [3.63, 3.8) is 0 Å². The van der Waals surface area contributed by atoms with Crippen LogP contribution in [-0.4, -0.2) is 26.0 Å². The Morgan fingerprint density at radius 2 is 2.21 bits per heavy atom. The minimum Gasteiger partial charge on any atom is -0.368 e. The topological polar surface area (TPSA) is 58.4 Å². The van der Waals surface area contributed by atoms with Crippen molar-refractivity contribution in [2.45, 2.75) is 26.3 Å². The molecule has 1 aromatic carbocycles. The zero-order chi connectivity index (χ0) is 14.3. The van der Waals surface area contributed by atoms with Gasteiger partial charge in [-0.25, -0.2) is 0 Å². The van der Waals surface area contributed by atoms with Crippen molar-refractivity contribution in [3.8, 4) is 0 Å². The number of carbonyl (C=O) groups is 1. The van der Waals surface area contributed by atoms with Gasteiger partial charge in [0.2, 0.25) is 5.91 Å². The summed E-state index contributed by atoms with van der Waals surface area (Å²) in [5.41, 5.74) is 7.28. The number of halogens is 1. The summed E-state index contributed by atoms with van der Waals surface area (Å²) in [5.74, 6) is -0.341. The van der Waals surface area contributed by atoms with Crippen molar-refractivity contribution >= 4 is 23.2 Å². The highest BCUT2D eigenvalue weighted by atomic mass is 35.5. The summed E-state index contributed by atoms with van der Waals surface area (Å²) in [6.45, 7) is 3.86. The summed E-state index contributed by atoms with van der Waals surface area (Å²) >= 11 is 6.30. The summed E-state index contributed by atoms with van der Waals surface area (Å²) in [5, 5.41) is 3.74. The van der Waals surface area contributed by atoms with Gasteiger partial charge in [0, 0.05) is 13.1 Å². The fourth-order valence-electron chi connectivity index (χ4n) is 1.94. The molecule has 1 aromatic rings. The molecule has 1 amide bonds. The monoisotopic (exact) mass is 283 g/mol. The molecular formula is C14H22ClN3O. The fourth-order valence-corrected chi connectivity index (χ4v) is 2.27. The average molecular weight is 284 g/mol. The maximum atomic E-state index is 11.2. The van der Waals surface area contributed by atoms with Crippen molar-refractivity contribution < 1.29 is 4.79 Å². The van der Waals surface area contributed by atoms with Crippen LogP contribution in [0, 0.1) is 0 Å². The Bertz CT molecular complexity index is 423. The highest BCUT2D eigenvalue weighted by Crippen LogP contribution is 2.27. The summed E-state index contributed by atoms with van der Waals surface area (Å²) in [6.07, 6.45) is 2.06. The maximum Gasteiger partial charge on any atom is 0.236 e. The number of amides is 1. The average Bonchev–Trinajstić information content (AvgIpc) is 2.35. The number of unbranched alkanes of at least 4 members (excludes halogenated alkanes) is 1. The lowest BCUT2D eigenvalue weighted by Crippen LogP contribution is -2.34. The molecule has 0 fully saturated rings. The summed E-state index contributed by atoms with van der Waals surface area (Å²) in [6, 6.07) is 5.89. The van der Waals surface area contributed by atoms with Crippen LogP contribution < -0.4 is 16.0 Å². The van der Waals surface area contributed by atoms with Crippen LogP contribution >= 0.6 is 11.6 Å². The Balaban J connectivity index is 2.90. The molecule has 1 rings (SSSR count). The van der Waals surface area contributed by atoms with Crippen LogP contribution in [0.3, 0.4) is 0 Å². The number of anilines is 1. The molecule has 0 aliphatic heterocycles. The molecule has 0 unspecified atom stereocenters. The molecule has 0 aliphatic rings. The Hall–Kier alpha value is -1.26. The predicted octanol–water partition coefficient (Wildman–Crippen LogP) is 2.15. The number of rotatable bonds is 8. The molecule has 0 aliphatic carbocycles. The number of hydrogen-bond donors (Lipinski definition) is 2. The van der Waals surface area contributed by atoms with Gasteiger partial charge in [-0.15, -0.1) is 0 Å². The summed E-state index contributed by atoms with van der Waals surface area (Å²) in [4.78, 5) is 13.1. The van der Waals surface area contributed by atoms with Crippen LogP contribution in [-0.2, 0) is 11.3 Å². The van der Waals surface area contributed by atoms with E-state index in [0.717, 1.165) is 37.2 Å². The van der Waals surface area contributed by atoms with E-state index < -0.39 is 0 Å². The molecule has 0 radical (unpaired) electrons. The normalized spacial score (nSPS) is 10.5. The quantitative estimate of drug-likeness (QED) is 0.769. The van der Waals surface area contributed by atoms with Gasteiger partial charge >= 0.3 is 0 Å². The lowest BCUT2D eigenvalue weighted by atomic mass is 10.1. The second-order valence-corrected chi connectivity index (χ2v) is 4.96. The summed E-state index contributed by atoms with van der Waals surface area (Å²) in [7, 11) is 1.89. The van der Waals surface area contributed by atoms with Crippen molar-refractivity contribution in [2.75, 3.05) is 25.0 Å². The first-order valence-electron chi connectivity index (χ1n) is 6.54. The minimum absolute atomic E-state index is 0.199. The molecule has 0 atom stereocenters. The van der Waals surface area contributed by atoms with Gasteiger partial charge < -0.3 is 16.0 Å². The van der Waals surface area contributed by atoms with Gasteiger partial charge in [-0.05, 0) is 31.2 Å². The van der Waals surface area contributed by atoms with E-state index in [4.69, 9.17) is 17.3 Å². The highest BCUT2D eigenvalue weighted by molar-refractivity contribution is 6.33. The Morgan fingerprint density at radius 1 is 1.47 bits per heavy atom. The third-order valence-electron chi connectivity index (χ3n) is 2.86. The third kappa shape index (κ3) is 5.09. The molecule has 0 saturated carbocycles. The van der Waals surface area contributed by atoms with E-state index in [1.165, 1.54) is 0 Å². The smallest absolute Gasteiger partial charge is 0.236 e. The van der Waals surface area contributed by atoms with Gasteiger partial charge in [0.15, 0.2) is 0 Å². The first-order chi connectivity index (χ1) is 9.08. The summed E-state index contributed by atoms with van der Waals surface area (Å²) < 4.78 is 0. The molecule has 0 saturated heterocycles. The van der Waals surface area contributed by atoms with Gasteiger partial charge in [-0.2, -0.15) is 0 Å². The Labute approximate surface area is 119 Å². The van der Waals surface area contributed by atoms with Gasteiger partial charge in [0.05, 0.1) is 17.3 Å². The molecule has 106 valence electrons. The molecule has 5 heteroatoms. The molecule has 0 heterocycles. The molecular weight excluding hydrogens is 262 g/mol. The van der Waals surface area contributed by atoms with E-state index in [1.807, 2.05) is 30.1 Å². The maximum absolute atomic E-state index is 11.2. The molecule has 0 spiro atoms. The van der Waals surface area contributed by atoms with Crippen molar-refractivity contribution in [1.82, 2.24) is 5.32 Å². The van der Waals surface area contributed by atoms with Gasteiger partial charge in [0.1, 0.15) is 0 Å². The van der Waals surface area contributed by atoms with E-state index >= 15 is 0 Å². The molecule has 4 nitrogen and oxygen atoms in total. The zero-order valence-corrected chi connectivity index (χ0v) is 12.3. The largest absolute Gasteiger partial charge is 0.368 e. The van der Waals surface area contributed by atoms with Crippen LogP contribution in [0.2, 0.25) is 5.02 Å². The highest BCUT2D eigenvalue weighted by Gasteiger charge is 2.12. The predicted molar refractivity (Wildman–Crippen MR) is 80.5 cm³/mol. The zero-order valence-electron chi connectivity index (χ0n) is 11.6. The number of primary amides is 1. The number of nitrogens with two attached hydrogens (primary N) is 1. The molecule has 0 bridgehead atoms. The van der Waals surface area contributed by atoms with Crippen LogP contribution in [0.25, 0.3) is 0 Å². The minimum atomic E-state index is -0.341. The second-order valence-electron chi connectivity index (χ2n) is 4.56. The number of benzene rings is 1. The fraction of sp³-hybridized carbons (Fsp3) is 0.500. The first-order valence-corrected chi connectivity index (χ1v) is 6.92. The van der Waals surface area contributed by atoms with E-state index in [9.17, 15) is 4.79 Å². The van der Waals surface area contributed by atoms with E-state index in [1.54, 1.807) is 0 Å². The van der Waals surface area contributed by atoms with Gasteiger partial charge in [-0.1, -0.05) is 31.0 Å². The first kappa shape index (κ1) is 15.8. The molecule has 19 heavy (non-hydrogen) atoms. The van der Waals surface area contributed by atoms with Crippen LogP contribution in [0.5, 0.6) is 0 Å². The third-order valence-corrected chi connectivity index (χ3v) is 3.16. The van der Waals surface area contributed by atoms with Crippen molar-refractivity contribution in [2.24, 2.45) is 5.73 Å². The Kier molecular flexibility index (Phi) is 6.67. The number of carbonyl (C=O) groups excluding carboxylic acids is 1. The van der Waals surface area contributed by atoms with Crippen molar-refractivity contribution in [1.29, 1.82) is 0 Å². The van der Waals surface area contributed by atoms with Crippen LogP contribution in [0.1, 0.15) is 25.3 Å². The lowest BCUT2D eigenvalue weighted by molar-refractivity contribution is -0.116. The van der Waals surface area contributed by atoms with Crippen molar-refractivity contribution in [3.05, 3.63) is 28.8 Å². The second kappa shape index (κ2) is 8.02. The standard InChI is InChI=1S/C14H22ClN3O/c1-3-4-7-18(10-14(16)19)13-6-5-11(9-17-2)8-12(13)15/h5-6,8,17H,3-4,7,9-10H2,1-2H3,(H2,16,19). The SMILES string of the molecule is CCCCN(CC(N)=O)c1ccc(CNC)cc1Cl. The van der Waals surface area contributed by atoms with Crippen LogP contribution in [0.4, 0.5) is 5.69 Å². The van der Waals surface area contributed by atoms with E-state index in [0.29, 0.717) is 5.02 Å². The molecule has 0 aromatic heterocycles.